The normalized spacial score (nSPS) is 11.7. The second-order valence-corrected chi connectivity index (χ2v) is 7.24. The maximum Gasteiger partial charge on any atom is 0.180 e. The number of rotatable bonds is 4. The molecule has 0 saturated heterocycles. The molecule has 19 heavy (non-hydrogen) atoms. The lowest BCUT2D eigenvalue weighted by Gasteiger charge is -2.06. The number of sulfone groups is 1. The van der Waals surface area contributed by atoms with Gasteiger partial charge in [-0.3, -0.25) is 4.68 Å². The molecular formula is C13H15BrN2O2S. The van der Waals surface area contributed by atoms with E-state index < -0.39 is 9.84 Å². The Morgan fingerprint density at radius 2 is 1.84 bits per heavy atom. The van der Waals surface area contributed by atoms with Gasteiger partial charge in [-0.25, -0.2) is 8.42 Å². The number of hydrogen-bond acceptors (Lipinski definition) is 3. The van der Waals surface area contributed by atoms with Crippen LogP contribution in [0.4, 0.5) is 0 Å². The largest absolute Gasteiger partial charge is 0.267 e. The van der Waals surface area contributed by atoms with E-state index in [-0.39, 0.29) is 5.75 Å². The van der Waals surface area contributed by atoms with Gasteiger partial charge in [-0.2, -0.15) is 5.10 Å². The van der Waals surface area contributed by atoms with E-state index in [1.807, 2.05) is 13.8 Å². The van der Waals surface area contributed by atoms with Crippen LogP contribution < -0.4 is 0 Å². The summed E-state index contributed by atoms with van der Waals surface area (Å²) in [5, 5.41) is 4.31. The molecule has 0 saturated carbocycles. The quantitative estimate of drug-likeness (QED) is 0.858. The number of halogens is 1. The third-order valence-electron chi connectivity index (χ3n) is 2.97. The summed E-state index contributed by atoms with van der Waals surface area (Å²) in [6.07, 6.45) is 0. The van der Waals surface area contributed by atoms with Crippen LogP contribution >= 0.6 is 15.9 Å². The zero-order valence-electron chi connectivity index (χ0n) is 10.8. The molecule has 6 heteroatoms. The van der Waals surface area contributed by atoms with Crippen LogP contribution in [0.3, 0.4) is 0 Å². The predicted molar refractivity (Wildman–Crippen MR) is 77.9 cm³/mol. The molecule has 4 nitrogen and oxygen atoms in total. The molecule has 2 aromatic rings. The van der Waals surface area contributed by atoms with Crippen molar-refractivity contribution in [1.82, 2.24) is 9.78 Å². The van der Waals surface area contributed by atoms with Gasteiger partial charge in [-0.1, -0.05) is 18.2 Å². The average molecular weight is 343 g/mol. The first kappa shape index (κ1) is 14.3. The van der Waals surface area contributed by atoms with Gasteiger partial charge in [-0.05, 0) is 41.9 Å². The number of aromatic nitrogens is 2. The van der Waals surface area contributed by atoms with Crippen molar-refractivity contribution in [3.63, 3.8) is 0 Å². The summed E-state index contributed by atoms with van der Waals surface area (Å²) in [6.45, 7) is 4.16. The van der Waals surface area contributed by atoms with E-state index in [4.69, 9.17) is 0 Å². The van der Waals surface area contributed by atoms with Gasteiger partial charge in [0.2, 0.25) is 0 Å². The van der Waals surface area contributed by atoms with Crippen molar-refractivity contribution < 1.29 is 8.42 Å². The number of hydrogen-bond donors (Lipinski definition) is 0. The van der Waals surface area contributed by atoms with Crippen molar-refractivity contribution in [2.45, 2.75) is 25.3 Å². The van der Waals surface area contributed by atoms with Gasteiger partial charge in [-0.15, -0.1) is 0 Å². The summed E-state index contributed by atoms with van der Waals surface area (Å²) in [7, 11) is -3.25. The molecule has 0 atom stereocenters. The van der Waals surface area contributed by atoms with Crippen molar-refractivity contribution >= 4 is 25.8 Å². The maximum absolute atomic E-state index is 12.2. The molecular weight excluding hydrogens is 328 g/mol. The second-order valence-electron chi connectivity index (χ2n) is 4.34. The predicted octanol–water partition coefficient (Wildman–Crippen LogP) is 2.74. The first-order valence-corrected chi connectivity index (χ1v) is 8.33. The van der Waals surface area contributed by atoms with Crippen molar-refractivity contribution in [3.8, 4) is 0 Å². The molecule has 1 aromatic heterocycles. The van der Waals surface area contributed by atoms with Crippen LogP contribution in [0.2, 0.25) is 0 Å². The molecule has 0 spiro atoms. The molecule has 0 N–H and O–H groups in total. The molecule has 1 heterocycles. The minimum absolute atomic E-state index is 0.0470. The zero-order valence-corrected chi connectivity index (χ0v) is 13.2. The number of aryl methyl sites for hydroxylation is 2. The van der Waals surface area contributed by atoms with Crippen molar-refractivity contribution in [2.24, 2.45) is 0 Å². The SMILES string of the molecule is Cc1nn(CCS(=O)(=O)c2ccccc2)c(C)c1Br. The maximum atomic E-state index is 12.2. The molecule has 0 unspecified atom stereocenters. The summed E-state index contributed by atoms with van der Waals surface area (Å²) in [4.78, 5) is 0.357. The summed E-state index contributed by atoms with van der Waals surface area (Å²) in [6, 6.07) is 8.50. The molecule has 0 aliphatic heterocycles. The van der Waals surface area contributed by atoms with Crippen molar-refractivity contribution in [1.29, 1.82) is 0 Å². The zero-order chi connectivity index (χ0) is 14.0. The number of nitrogens with zero attached hydrogens (tertiary/aromatic N) is 2. The lowest BCUT2D eigenvalue weighted by atomic mass is 10.4. The van der Waals surface area contributed by atoms with Crippen molar-refractivity contribution in [3.05, 3.63) is 46.2 Å². The summed E-state index contributed by atoms with van der Waals surface area (Å²) < 4.78 is 27.0. The summed E-state index contributed by atoms with van der Waals surface area (Å²) in [5.41, 5.74) is 1.82. The van der Waals surface area contributed by atoms with Gasteiger partial charge < -0.3 is 0 Å². The van der Waals surface area contributed by atoms with Crippen molar-refractivity contribution in [2.75, 3.05) is 5.75 Å². The van der Waals surface area contributed by atoms with Crippen LogP contribution in [0.5, 0.6) is 0 Å². The minimum atomic E-state index is -3.25. The Labute approximate surface area is 121 Å². The summed E-state index contributed by atoms with van der Waals surface area (Å²) >= 11 is 3.43. The Bertz CT molecular complexity index is 678. The van der Waals surface area contributed by atoms with E-state index in [2.05, 4.69) is 21.0 Å². The Morgan fingerprint density at radius 3 is 2.37 bits per heavy atom. The van der Waals surface area contributed by atoms with E-state index >= 15 is 0 Å². The first-order chi connectivity index (χ1) is 8.92. The minimum Gasteiger partial charge on any atom is -0.267 e. The van der Waals surface area contributed by atoms with Gasteiger partial charge in [0.15, 0.2) is 9.84 Å². The fourth-order valence-corrected chi connectivity index (χ4v) is 3.35. The van der Waals surface area contributed by atoms with E-state index in [0.717, 1.165) is 15.9 Å². The Hall–Kier alpha value is -1.14. The first-order valence-electron chi connectivity index (χ1n) is 5.89. The monoisotopic (exact) mass is 342 g/mol. The van der Waals surface area contributed by atoms with Gasteiger partial charge in [0.25, 0.3) is 0 Å². The van der Waals surface area contributed by atoms with E-state index in [0.29, 0.717) is 11.4 Å². The highest BCUT2D eigenvalue weighted by molar-refractivity contribution is 9.10. The van der Waals surface area contributed by atoms with Crippen LogP contribution in [-0.4, -0.2) is 24.0 Å². The highest BCUT2D eigenvalue weighted by atomic mass is 79.9. The standard InChI is InChI=1S/C13H15BrN2O2S/c1-10-13(14)11(2)16(15-10)8-9-19(17,18)12-6-4-3-5-7-12/h3-7H,8-9H2,1-2H3. The van der Waals surface area contributed by atoms with Crippen LogP contribution in [0, 0.1) is 13.8 Å². The van der Waals surface area contributed by atoms with E-state index in [1.165, 1.54) is 0 Å². The molecule has 0 amide bonds. The lowest BCUT2D eigenvalue weighted by molar-refractivity contribution is 0.576. The molecule has 0 fully saturated rings. The molecule has 0 bridgehead atoms. The molecule has 0 aliphatic rings. The Kier molecular flexibility index (Phi) is 4.10. The molecule has 1 aromatic carbocycles. The van der Waals surface area contributed by atoms with Crippen LogP contribution in [0.1, 0.15) is 11.4 Å². The Morgan fingerprint density at radius 1 is 1.21 bits per heavy atom. The average Bonchev–Trinajstić information content (AvgIpc) is 2.65. The third-order valence-corrected chi connectivity index (χ3v) is 5.83. The molecule has 2 rings (SSSR count). The van der Waals surface area contributed by atoms with Crippen LogP contribution in [-0.2, 0) is 16.4 Å². The number of benzene rings is 1. The fourth-order valence-electron chi connectivity index (χ4n) is 1.85. The van der Waals surface area contributed by atoms with Gasteiger partial charge in [0.05, 0.1) is 27.4 Å². The van der Waals surface area contributed by atoms with Crippen LogP contribution in [0.25, 0.3) is 0 Å². The lowest BCUT2D eigenvalue weighted by Crippen LogP contribution is -2.15. The van der Waals surface area contributed by atoms with Gasteiger partial charge in [0.1, 0.15) is 0 Å². The molecule has 0 aliphatic carbocycles. The molecule has 102 valence electrons. The summed E-state index contributed by atoms with van der Waals surface area (Å²) in [5.74, 6) is 0.0470. The van der Waals surface area contributed by atoms with Gasteiger partial charge >= 0.3 is 0 Å². The third kappa shape index (κ3) is 3.06. The fraction of sp³-hybridized carbons (Fsp3) is 0.308. The van der Waals surface area contributed by atoms with E-state index in [9.17, 15) is 8.42 Å². The second kappa shape index (κ2) is 5.46. The smallest absolute Gasteiger partial charge is 0.180 e. The Balaban J connectivity index is 2.17. The topological polar surface area (TPSA) is 52.0 Å². The highest BCUT2D eigenvalue weighted by Crippen LogP contribution is 2.20. The van der Waals surface area contributed by atoms with Gasteiger partial charge in [0, 0.05) is 5.69 Å². The molecule has 0 radical (unpaired) electrons. The van der Waals surface area contributed by atoms with Crippen LogP contribution in [0.15, 0.2) is 39.7 Å². The highest BCUT2D eigenvalue weighted by Gasteiger charge is 2.16. The van der Waals surface area contributed by atoms with E-state index in [1.54, 1.807) is 35.0 Å².